The molecule has 0 spiro atoms. The summed E-state index contributed by atoms with van der Waals surface area (Å²) in [6.07, 6.45) is 1.22. The van der Waals surface area contributed by atoms with Crippen LogP contribution in [-0.2, 0) is 22.8 Å². The average molecular weight is 239 g/mol. The lowest BCUT2D eigenvalue weighted by Crippen LogP contribution is -2.42. The van der Waals surface area contributed by atoms with Crippen LogP contribution < -0.4 is 0 Å². The molecule has 1 atom stereocenters. The number of rotatable bonds is 9. The van der Waals surface area contributed by atoms with Gasteiger partial charge in [0.25, 0.3) is 0 Å². The van der Waals surface area contributed by atoms with Crippen LogP contribution in [0.3, 0.4) is 0 Å². The first-order valence-electron chi connectivity index (χ1n) is 5.11. The first-order chi connectivity index (χ1) is 7.26. The number of ether oxygens (including phenoxy) is 2. The molecule has 1 unspecified atom stereocenters. The van der Waals surface area contributed by atoms with Gasteiger partial charge < -0.3 is 22.8 Å². The van der Waals surface area contributed by atoms with E-state index in [4.69, 9.17) is 22.8 Å². The van der Waals surface area contributed by atoms with E-state index in [0.717, 1.165) is 19.1 Å². The summed E-state index contributed by atoms with van der Waals surface area (Å²) >= 11 is 0. The summed E-state index contributed by atoms with van der Waals surface area (Å²) in [5, 5.41) is 0. The lowest BCUT2D eigenvalue weighted by Gasteiger charge is -2.24. The summed E-state index contributed by atoms with van der Waals surface area (Å²) in [5.74, 6) is 0. The van der Waals surface area contributed by atoms with Crippen LogP contribution in [0.1, 0.15) is 6.42 Å². The van der Waals surface area contributed by atoms with Gasteiger partial charge in [-0.25, -0.2) is 0 Å². The molecule has 0 aromatic rings. The Balaban J connectivity index is 2.04. The highest BCUT2D eigenvalue weighted by atomic mass is 28.4. The van der Waals surface area contributed by atoms with E-state index in [2.05, 4.69) is 0 Å². The summed E-state index contributed by atoms with van der Waals surface area (Å²) in [6, 6.07) is 0.780. The second-order valence-corrected chi connectivity index (χ2v) is 6.52. The van der Waals surface area contributed by atoms with Gasteiger partial charge in [0.05, 0.1) is 13.2 Å². The Morgan fingerprint density at radius 2 is 1.80 bits per heavy atom. The average Bonchev–Trinajstić information content (AvgIpc) is 3.08. The number of epoxide rings is 1. The summed E-state index contributed by atoms with van der Waals surface area (Å²) in [7, 11) is 2.48. The number of hydrogen-bond donors (Lipinski definition) is 0. The standard InChI is InChI=1S/C9H20O5Si/c1-10-15(11-2,12-3)6-4-5-13-7-9-8-14-9/h9H,4-8H2,1-3H3/i7+1,8+1,9+1. The van der Waals surface area contributed by atoms with Crippen molar-refractivity contribution >= 4 is 8.80 Å². The number of hydrogen-bond acceptors (Lipinski definition) is 5. The van der Waals surface area contributed by atoms with Crippen molar-refractivity contribution < 1.29 is 22.8 Å². The Morgan fingerprint density at radius 3 is 2.27 bits per heavy atom. The molecule has 0 bridgehead atoms. The molecule has 1 rings (SSSR count). The predicted octanol–water partition coefficient (Wildman–Crippen LogP) is 0.670. The Hall–Kier alpha value is 0.0169. The lowest BCUT2D eigenvalue weighted by molar-refractivity contribution is 0.100. The summed E-state index contributed by atoms with van der Waals surface area (Å²) < 4.78 is 26.3. The molecule has 1 fully saturated rings. The molecule has 15 heavy (non-hydrogen) atoms. The van der Waals surface area contributed by atoms with Gasteiger partial charge in [-0.3, -0.25) is 0 Å². The molecule has 1 aliphatic rings. The Labute approximate surface area is 92.0 Å². The largest absolute Gasteiger partial charge is 0.500 e. The SMILES string of the molecule is CO[Si](CCCO[13CH2][13CH]1[13CH2]O1)(OC)OC. The van der Waals surface area contributed by atoms with E-state index in [1.807, 2.05) is 0 Å². The molecular weight excluding hydrogens is 219 g/mol. The Bertz CT molecular complexity index is 162. The fourth-order valence-corrected chi connectivity index (χ4v) is 3.02. The molecule has 0 radical (unpaired) electrons. The van der Waals surface area contributed by atoms with Crippen LogP contribution in [0.5, 0.6) is 0 Å². The van der Waals surface area contributed by atoms with Crippen LogP contribution >= 0.6 is 0 Å². The topological polar surface area (TPSA) is 49.5 Å². The molecular formula is C9H20O5Si. The maximum absolute atomic E-state index is 5.42. The maximum Gasteiger partial charge on any atom is 0.500 e. The van der Waals surface area contributed by atoms with Gasteiger partial charge in [0, 0.05) is 34.0 Å². The normalized spacial score (nSPS) is 20.6. The van der Waals surface area contributed by atoms with Gasteiger partial charge in [-0.1, -0.05) is 0 Å². The van der Waals surface area contributed by atoms with Crippen molar-refractivity contribution in [2.75, 3.05) is 41.2 Å². The zero-order chi connectivity index (χ0) is 11.1. The first kappa shape index (κ1) is 13.1. The monoisotopic (exact) mass is 239 g/mol. The first-order valence-corrected chi connectivity index (χ1v) is 7.04. The van der Waals surface area contributed by atoms with Gasteiger partial charge >= 0.3 is 8.80 Å². The molecule has 5 nitrogen and oxygen atoms in total. The molecule has 6 heteroatoms. The van der Waals surface area contributed by atoms with Crippen molar-refractivity contribution in [3.63, 3.8) is 0 Å². The summed E-state index contributed by atoms with van der Waals surface area (Å²) in [6.45, 7) is 2.24. The second kappa shape index (κ2) is 6.57. The second-order valence-electron chi connectivity index (χ2n) is 3.43. The van der Waals surface area contributed by atoms with E-state index < -0.39 is 8.80 Å². The van der Waals surface area contributed by atoms with Crippen molar-refractivity contribution in [1.29, 1.82) is 0 Å². The van der Waals surface area contributed by atoms with E-state index in [-0.39, 0.29) is 0 Å². The molecule has 0 aromatic carbocycles. The zero-order valence-electron chi connectivity index (χ0n) is 9.65. The minimum absolute atomic E-state index is 0.333. The highest BCUT2D eigenvalue weighted by molar-refractivity contribution is 6.60. The molecule has 1 heterocycles. The molecule has 90 valence electrons. The van der Waals surface area contributed by atoms with Crippen LogP contribution in [0.4, 0.5) is 0 Å². The van der Waals surface area contributed by atoms with E-state index >= 15 is 0 Å². The van der Waals surface area contributed by atoms with Gasteiger partial charge in [-0.2, -0.15) is 0 Å². The van der Waals surface area contributed by atoms with Gasteiger partial charge in [0.15, 0.2) is 0 Å². The quantitative estimate of drug-likeness (QED) is 0.256. The van der Waals surface area contributed by atoms with E-state index in [0.29, 0.717) is 19.3 Å². The molecule has 0 aliphatic carbocycles. The lowest BCUT2D eigenvalue weighted by atomic mass is 10.5. The molecule has 1 saturated heterocycles. The van der Waals surface area contributed by atoms with E-state index in [9.17, 15) is 0 Å². The van der Waals surface area contributed by atoms with Crippen LogP contribution in [0, 0.1) is 0 Å². The highest BCUT2D eigenvalue weighted by Gasteiger charge is 2.36. The Kier molecular flexibility index (Phi) is 5.73. The van der Waals surface area contributed by atoms with Crippen molar-refractivity contribution in [2.45, 2.75) is 18.6 Å². The minimum atomic E-state index is -2.39. The summed E-state index contributed by atoms with van der Waals surface area (Å²) in [5.41, 5.74) is 0. The third-order valence-corrected chi connectivity index (χ3v) is 5.24. The van der Waals surface area contributed by atoms with Crippen molar-refractivity contribution in [2.24, 2.45) is 0 Å². The third-order valence-electron chi connectivity index (χ3n) is 2.41. The molecule has 0 saturated carbocycles. The van der Waals surface area contributed by atoms with E-state index in [1.54, 1.807) is 21.3 Å². The maximum atomic E-state index is 5.42. The van der Waals surface area contributed by atoms with Crippen molar-refractivity contribution in [3.05, 3.63) is 0 Å². The van der Waals surface area contributed by atoms with Crippen LogP contribution in [0.2, 0.25) is 6.04 Å². The van der Waals surface area contributed by atoms with Crippen LogP contribution in [0.15, 0.2) is 0 Å². The van der Waals surface area contributed by atoms with Crippen molar-refractivity contribution in [3.8, 4) is 0 Å². The summed E-state index contributed by atoms with van der Waals surface area (Å²) in [4.78, 5) is 0. The minimum Gasteiger partial charge on any atom is -0.379 e. The van der Waals surface area contributed by atoms with Gasteiger partial charge in [0.1, 0.15) is 6.10 Å². The Morgan fingerprint density at radius 1 is 1.20 bits per heavy atom. The van der Waals surface area contributed by atoms with Gasteiger partial charge in [-0.15, -0.1) is 0 Å². The fourth-order valence-electron chi connectivity index (χ4n) is 1.33. The van der Waals surface area contributed by atoms with Crippen molar-refractivity contribution in [1.82, 2.24) is 0 Å². The van der Waals surface area contributed by atoms with Crippen LogP contribution in [-0.4, -0.2) is 56.1 Å². The van der Waals surface area contributed by atoms with Crippen LogP contribution in [0.25, 0.3) is 0 Å². The van der Waals surface area contributed by atoms with E-state index in [1.165, 1.54) is 0 Å². The molecule has 0 N–H and O–H groups in total. The van der Waals surface area contributed by atoms with Gasteiger partial charge in [-0.05, 0) is 6.42 Å². The fraction of sp³-hybridized carbons (Fsp3) is 1.00. The molecule has 0 aromatic heterocycles. The molecule has 1 aliphatic heterocycles. The molecule has 0 amide bonds. The predicted molar refractivity (Wildman–Crippen MR) is 56.8 cm³/mol. The zero-order valence-corrected chi connectivity index (χ0v) is 10.7. The third kappa shape index (κ3) is 4.58. The van der Waals surface area contributed by atoms with Gasteiger partial charge in [0.2, 0.25) is 0 Å². The highest BCUT2D eigenvalue weighted by Crippen LogP contribution is 2.15. The smallest absolute Gasteiger partial charge is 0.379 e.